The molecule has 2 N–H and O–H groups in total. The van der Waals surface area contributed by atoms with E-state index < -0.39 is 0 Å². The molecule has 0 spiro atoms. The van der Waals surface area contributed by atoms with Crippen LogP contribution in [-0.4, -0.2) is 15.9 Å². The summed E-state index contributed by atoms with van der Waals surface area (Å²) in [5.41, 5.74) is 3.00. The van der Waals surface area contributed by atoms with Crippen molar-refractivity contribution in [1.29, 1.82) is 0 Å². The van der Waals surface area contributed by atoms with E-state index in [1.807, 2.05) is 55.5 Å². The van der Waals surface area contributed by atoms with E-state index in [4.69, 9.17) is 0 Å². The van der Waals surface area contributed by atoms with Crippen LogP contribution in [0.25, 0.3) is 0 Å². The predicted molar refractivity (Wildman–Crippen MR) is 98.6 cm³/mol. The Morgan fingerprint density at radius 1 is 1.04 bits per heavy atom. The highest BCUT2D eigenvalue weighted by molar-refractivity contribution is 9.10. The molecule has 120 valence electrons. The first-order valence-corrected chi connectivity index (χ1v) is 8.13. The second-order valence-corrected chi connectivity index (χ2v) is 6.14. The number of nitrogens with zero attached hydrogens (tertiary/aromatic N) is 2. The smallest absolute Gasteiger partial charge is 0.274 e. The van der Waals surface area contributed by atoms with E-state index in [9.17, 15) is 4.79 Å². The molecular weight excluding hydrogens is 368 g/mol. The molecule has 2 aromatic carbocycles. The first-order valence-electron chi connectivity index (χ1n) is 7.34. The number of rotatable bonds is 4. The molecule has 1 heterocycles. The SMILES string of the molecule is Cc1cccc(Nc2nccc(C(=O)Nc3ccc(Br)cc3)n2)c1. The van der Waals surface area contributed by atoms with E-state index in [1.165, 1.54) is 0 Å². The maximum Gasteiger partial charge on any atom is 0.274 e. The van der Waals surface area contributed by atoms with Gasteiger partial charge in [-0.05, 0) is 55.0 Å². The van der Waals surface area contributed by atoms with Gasteiger partial charge in [-0.1, -0.05) is 28.1 Å². The van der Waals surface area contributed by atoms with Crippen molar-refractivity contribution in [3.63, 3.8) is 0 Å². The highest BCUT2D eigenvalue weighted by atomic mass is 79.9. The first-order chi connectivity index (χ1) is 11.6. The van der Waals surface area contributed by atoms with Gasteiger partial charge in [0.2, 0.25) is 5.95 Å². The van der Waals surface area contributed by atoms with E-state index in [2.05, 4.69) is 36.5 Å². The summed E-state index contributed by atoms with van der Waals surface area (Å²) in [6.07, 6.45) is 1.56. The van der Waals surface area contributed by atoms with Crippen molar-refractivity contribution in [2.75, 3.05) is 10.6 Å². The van der Waals surface area contributed by atoms with Gasteiger partial charge in [-0.2, -0.15) is 0 Å². The third kappa shape index (κ3) is 4.17. The van der Waals surface area contributed by atoms with Gasteiger partial charge in [0.25, 0.3) is 5.91 Å². The number of carbonyl (C=O) groups excluding carboxylic acids is 1. The molecule has 0 saturated carbocycles. The Kier molecular flexibility index (Phi) is 4.86. The quantitative estimate of drug-likeness (QED) is 0.694. The van der Waals surface area contributed by atoms with Gasteiger partial charge in [-0.15, -0.1) is 0 Å². The summed E-state index contributed by atoms with van der Waals surface area (Å²) in [7, 11) is 0. The minimum absolute atomic E-state index is 0.285. The third-order valence-electron chi connectivity index (χ3n) is 3.26. The van der Waals surface area contributed by atoms with Crippen LogP contribution in [0.4, 0.5) is 17.3 Å². The highest BCUT2D eigenvalue weighted by Gasteiger charge is 2.09. The van der Waals surface area contributed by atoms with Crippen molar-refractivity contribution < 1.29 is 4.79 Å². The summed E-state index contributed by atoms with van der Waals surface area (Å²) in [6, 6.07) is 16.8. The Morgan fingerprint density at radius 2 is 1.83 bits per heavy atom. The van der Waals surface area contributed by atoms with Crippen LogP contribution < -0.4 is 10.6 Å². The predicted octanol–water partition coefficient (Wildman–Crippen LogP) is 4.54. The van der Waals surface area contributed by atoms with Gasteiger partial charge in [0.15, 0.2) is 0 Å². The number of nitrogens with one attached hydrogen (secondary N) is 2. The molecule has 0 aliphatic heterocycles. The average molecular weight is 383 g/mol. The monoisotopic (exact) mass is 382 g/mol. The Balaban J connectivity index is 1.74. The Morgan fingerprint density at radius 3 is 2.58 bits per heavy atom. The molecule has 0 aliphatic carbocycles. The van der Waals surface area contributed by atoms with Crippen LogP contribution in [0, 0.1) is 6.92 Å². The van der Waals surface area contributed by atoms with Gasteiger partial charge in [0.05, 0.1) is 0 Å². The van der Waals surface area contributed by atoms with Gasteiger partial charge >= 0.3 is 0 Å². The van der Waals surface area contributed by atoms with Crippen LogP contribution in [-0.2, 0) is 0 Å². The molecule has 5 nitrogen and oxygen atoms in total. The van der Waals surface area contributed by atoms with E-state index in [0.717, 1.165) is 15.7 Å². The lowest BCUT2D eigenvalue weighted by Gasteiger charge is -2.08. The Bertz CT molecular complexity index is 865. The van der Waals surface area contributed by atoms with Crippen LogP contribution in [0.1, 0.15) is 16.1 Å². The molecule has 3 rings (SSSR count). The number of aryl methyl sites for hydroxylation is 1. The van der Waals surface area contributed by atoms with Crippen molar-refractivity contribution >= 4 is 39.2 Å². The molecule has 24 heavy (non-hydrogen) atoms. The zero-order valence-electron chi connectivity index (χ0n) is 13.0. The van der Waals surface area contributed by atoms with Gasteiger partial charge in [0.1, 0.15) is 5.69 Å². The van der Waals surface area contributed by atoms with Crippen LogP contribution in [0.3, 0.4) is 0 Å². The largest absolute Gasteiger partial charge is 0.324 e. The molecule has 0 bridgehead atoms. The fourth-order valence-corrected chi connectivity index (χ4v) is 2.39. The van der Waals surface area contributed by atoms with Crippen molar-refractivity contribution in [3.05, 3.63) is 76.5 Å². The van der Waals surface area contributed by atoms with E-state index in [1.54, 1.807) is 12.3 Å². The molecule has 0 fully saturated rings. The molecule has 0 aliphatic rings. The summed E-state index contributed by atoms with van der Waals surface area (Å²) >= 11 is 3.36. The average Bonchev–Trinajstić information content (AvgIpc) is 2.57. The van der Waals surface area contributed by atoms with E-state index >= 15 is 0 Å². The van der Waals surface area contributed by atoms with Crippen LogP contribution >= 0.6 is 15.9 Å². The number of carbonyl (C=O) groups is 1. The Labute approximate surface area is 148 Å². The highest BCUT2D eigenvalue weighted by Crippen LogP contribution is 2.16. The van der Waals surface area contributed by atoms with Crippen molar-refractivity contribution in [3.8, 4) is 0 Å². The fourth-order valence-electron chi connectivity index (χ4n) is 2.13. The second kappa shape index (κ2) is 7.23. The molecule has 0 radical (unpaired) electrons. The zero-order chi connectivity index (χ0) is 16.9. The Hall–Kier alpha value is -2.73. The van der Waals surface area contributed by atoms with Crippen molar-refractivity contribution in [1.82, 2.24) is 9.97 Å². The first kappa shape index (κ1) is 16.1. The van der Waals surface area contributed by atoms with Gasteiger partial charge in [-0.25, -0.2) is 9.97 Å². The lowest BCUT2D eigenvalue weighted by atomic mass is 10.2. The minimum Gasteiger partial charge on any atom is -0.324 e. The molecule has 6 heteroatoms. The lowest BCUT2D eigenvalue weighted by Crippen LogP contribution is -2.14. The van der Waals surface area contributed by atoms with Crippen LogP contribution in [0.15, 0.2) is 65.3 Å². The summed E-state index contributed by atoms with van der Waals surface area (Å²) in [4.78, 5) is 20.7. The molecule has 3 aromatic rings. The maximum absolute atomic E-state index is 12.3. The van der Waals surface area contributed by atoms with Crippen LogP contribution in [0.5, 0.6) is 0 Å². The number of anilines is 3. The number of hydrogen-bond donors (Lipinski definition) is 2. The molecule has 1 aromatic heterocycles. The zero-order valence-corrected chi connectivity index (χ0v) is 14.5. The lowest BCUT2D eigenvalue weighted by molar-refractivity contribution is 0.102. The molecule has 0 unspecified atom stereocenters. The number of hydrogen-bond acceptors (Lipinski definition) is 4. The molecule has 0 atom stereocenters. The molecule has 0 saturated heterocycles. The van der Waals surface area contributed by atoms with Gasteiger partial charge < -0.3 is 10.6 Å². The van der Waals surface area contributed by atoms with Gasteiger partial charge in [-0.3, -0.25) is 4.79 Å². The van der Waals surface area contributed by atoms with E-state index in [-0.39, 0.29) is 5.91 Å². The summed E-state index contributed by atoms with van der Waals surface area (Å²) in [6.45, 7) is 2.01. The number of amides is 1. The number of aromatic nitrogens is 2. The van der Waals surface area contributed by atoms with Crippen molar-refractivity contribution in [2.24, 2.45) is 0 Å². The second-order valence-electron chi connectivity index (χ2n) is 5.22. The van der Waals surface area contributed by atoms with E-state index in [0.29, 0.717) is 17.3 Å². The summed E-state index contributed by atoms with van der Waals surface area (Å²) in [5, 5.41) is 5.91. The van der Waals surface area contributed by atoms with Crippen molar-refractivity contribution in [2.45, 2.75) is 6.92 Å². The minimum atomic E-state index is -0.285. The fraction of sp³-hybridized carbons (Fsp3) is 0.0556. The molecular formula is C18H15BrN4O. The van der Waals surface area contributed by atoms with Gasteiger partial charge in [0, 0.05) is 22.0 Å². The standard InChI is InChI=1S/C18H15BrN4O/c1-12-3-2-4-15(11-12)22-18-20-10-9-16(23-18)17(24)21-14-7-5-13(19)6-8-14/h2-11H,1H3,(H,21,24)(H,20,22,23). The number of benzene rings is 2. The van der Waals surface area contributed by atoms with Crippen LogP contribution in [0.2, 0.25) is 0 Å². The maximum atomic E-state index is 12.3. The summed E-state index contributed by atoms with van der Waals surface area (Å²) < 4.78 is 0.951. The number of halogens is 1. The summed E-state index contributed by atoms with van der Waals surface area (Å²) in [5.74, 6) is 0.0936. The normalized spacial score (nSPS) is 10.2. The third-order valence-corrected chi connectivity index (χ3v) is 3.79. The topological polar surface area (TPSA) is 66.9 Å². The molecule has 1 amide bonds.